The summed E-state index contributed by atoms with van der Waals surface area (Å²) >= 11 is 1.27. The molecule has 32 heavy (non-hydrogen) atoms. The van der Waals surface area contributed by atoms with Crippen LogP contribution in [0.15, 0.2) is 48.5 Å². The second-order valence-electron chi connectivity index (χ2n) is 7.25. The molecule has 0 atom stereocenters. The summed E-state index contributed by atoms with van der Waals surface area (Å²) in [4.78, 5) is 29.6. The molecule has 2 amide bonds. The van der Waals surface area contributed by atoms with E-state index in [-0.39, 0.29) is 24.2 Å². The number of hydrogen-bond acceptors (Lipinski definition) is 5. The zero-order valence-corrected chi connectivity index (χ0v) is 18.9. The number of thiazole rings is 1. The molecule has 0 fully saturated rings. The van der Waals surface area contributed by atoms with Gasteiger partial charge in [-0.1, -0.05) is 25.5 Å². The first kappa shape index (κ1) is 23.4. The Bertz CT molecular complexity index is 1050. The third-order valence-corrected chi connectivity index (χ3v) is 5.84. The Morgan fingerprint density at radius 1 is 1.03 bits per heavy atom. The summed E-state index contributed by atoms with van der Waals surface area (Å²) in [5.41, 5.74) is 2.12. The highest BCUT2D eigenvalue weighted by molar-refractivity contribution is 7.13. The Kier molecular flexibility index (Phi) is 8.33. The lowest BCUT2D eigenvalue weighted by Gasteiger charge is -2.07. The second-order valence-corrected chi connectivity index (χ2v) is 8.34. The number of aryl methyl sites for hydroxylation is 1. The van der Waals surface area contributed by atoms with Crippen LogP contribution in [0.1, 0.15) is 56.1 Å². The van der Waals surface area contributed by atoms with E-state index in [0.717, 1.165) is 18.4 Å². The predicted molar refractivity (Wildman–Crippen MR) is 122 cm³/mol. The molecule has 0 bridgehead atoms. The summed E-state index contributed by atoms with van der Waals surface area (Å²) in [5.74, 6) is -0.0989. The van der Waals surface area contributed by atoms with E-state index in [1.54, 1.807) is 31.2 Å². The van der Waals surface area contributed by atoms with E-state index in [1.165, 1.54) is 23.5 Å². The Labute approximate surface area is 190 Å². The van der Waals surface area contributed by atoms with Gasteiger partial charge in [0.1, 0.15) is 28.1 Å². The van der Waals surface area contributed by atoms with Gasteiger partial charge in [-0.3, -0.25) is 9.59 Å². The van der Waals surface area contributed by atoms with Crippen LogP contribution in [0.2, 0.25) is 0 Å². The quantitative estimate of drug-likeness (QED) is 0.437. The Balaban J connectivity index is 1.51. The van der Waals surface area contributed by atoms with Crippen molar-refractivity contribution in [3.05, 3.63) is 81.1 Å². The van der Waals surface area contributed by atoms with Gasteiger partial charge < -0.3 is 15.4 Å². The summed E-state index contributed by atoms with van der Waals surface area (Å²) in [6.07, 6.45) is 1.98. The van der Waals surface area contributed by atoms with Crippen LogP contribution in [0, 0.1) is 12.7 Å². The van der Waals surface area contributed by atoms with Gasteiger partial charge in [0.25, 0.3) is 11.8 Å². The van der Waals surface area contributed by atoms with E-state index in [9.17, 15) is 14.0 Å². The average molecular weight is 456 g/mol. The van der Waals surface area contributed by atoms with E-state index < -0.39 is 0 Å². The number of carbonyl (C=O) groups is 2. The molecule has 1 heterocycles. The predicted octanol–water partition coefficient (Wildman–Crippen LogP) is 4.63. The zero-order valence-electron chi connectivity index (χ0n) is 18.1. The van der Waals surface area contributed by atoms with Gasteiger partial charge in [-0.25, -0.2) is 9.37 Å². The molecule has 1 aromatic heterocycles. The molecule has 0 aliphatic carbocycles. The number of hydrogen-bond donors (Lipinski definition) is 2. The molecule has 0 aliphatic rings. The first-order valence-corrected chi connectivity index (χ1v) is 11.3. The third kappa shape index (κ3) is 6.62. The highest BCUT2D eigenvalue weighted by Gasteiger charge is 2.15. The van der Waals surface area contributed by atoms with Crippen molar-refractivity contribution in [3.63, 3.8) is 0 Å². The van der Waals surface area contributed by atoms with Crippen LogP contribution in [0.3, 0.4) is 0 Å². The average Bonchev–Trinajstić information content (AvgIpc) is 3.18. The van der Waals surface area contributed by atoms with Crippen LogP contribution in [0.4, 0.5) is 4.39 Å². The third-order valence-electron chi connectivity index (χ3n) is 4.71. The molecule has 8 heteroatoms. The van der Waals surface area contributed by atoms with Gasteiger partial charge >= 0.3 is 0 Å². The van der Waals surface area contributed by atoms with Gasteiger partial charge in [0.15, 0.2) is 0 Å². The number of nitrogens with one attached hydrogen (secondary N) is 2. The van der Waals surface area contributed by atoms with Crippen LogP contribution in [0.25, 0.3) is 0 Å². The SMILES string of the molecule is CCCCNC(=O)c1ccc(CNC(=O)c2sc(COc3ccc(F)cc3)nc2C)cc1. The molecule has 3 aromatic rings. The molecular weight excluding hydrogens is 429 g/mol. The van der Waals surface area contributed by atoms with Crippen molar-refractivity contribution >= 4 is 23.2 Å². The summed E-state index contributed by atoms with van der Waals surface area (Å²) in [6, 6.07) is 12.9. The van der Waals surface area contributed by atoms with Gasteiger partial charge in [0.2, 0.25) is 0 Å². The Hall–Kier alpha value is -3.26. The van der Waals surface area contributed by atoms with Crippen molar-refractivity contribution in [1.82, 2.24) is 15.6 Å². The van der Waals surface area contributed by atoms with E-state index in [1.807, 2.05) is 12.1 Å². The molecule has 2 N–H and O–H groups in total. The fourth-order valence-corrected chi connectivity index (χ4v) is 3.81. The van der Waals surface area contributed by atoms with Crippen molar-refractivity contribution in [2.75, 3.05) is 6.54 Å². The van der Waals surface area contributed by atoms with Crippen molar-refractivity contribution < 1.29 is 18.7 Å². The monoisotopic (exact) mass is 455 g/mol. The molecule has 6 nitrogen and oxygen atoms in total. The first-order chi connectivity index (χ1) is 15.5. The number of carbonyl (C=O) groups excluding carboxylic acids is 2. The van der Waals surface area contributed by atoms with E-state index in [0.29, 0.717) is 40.0 Å². The lowest BCUT2D eigenvalue weighted by Crippen LogP contribution is -2.24. The maximum absolute atomic E-state index is 13.0. The second kappa shape index (κ2) is 11.4. The topological polar surface area (TPSA) is 80.3 Å². The molecule has 0 spiro atoms. The molecule has 168 valence electrons. The minimum Gasteiger partial charge on any atom is -0.486 e. The van der Waals surface area contributed by atoms with Crippen LogP contribution in [-0.2, 0) is 13.2 Å². The largest absolute Gasteiger partial charge is 0.486 e. The smallest absolute Gasteiger partial charge is 0.263 e. The molecule has 0 saturated heterocycles. The number of aromatic nitrogens is 1. The number of ether oxygens (including phenoxy) is 1. The van der Waals surface area contributed by atoms with Crippen LogP contribution in [0.5, 0.6) is 5.75 Å². The Morgan fingerprint density at radius 3 is 2.44 bits per heavy atom. The highest BCUT2D eigenvalue weighted by Crippen LogP contribution is 2.21. The number of benzene rings is 2. The lowest BCUT2D eigenvalue weighted by atomic mass is 10.1. The van der Waals surface area contributed by atoms with Crippen molar-refractivity contribution in [1.29, 1.82) is 0 Å². The minimum atomic E-state index is -0.328. The first-order valence-electron chi connectivity index (χ1n) is 10.5. The van der Waals surface area contributed by atoms with Crippen LogP contribution < -0.4 is 15.4 Å². The summed E-state index contributed by atoms with van der Waals surface area (Å²) in [5, 5.41) is 6.43. The molecule has 0 unspecified atom stereocenters. The van der Waals surface area contributed by atoms with E-state index in [4.69, 9.17) is 4.74 Å². The number of halogens is 1. The number of rotatable bonds is 10. The van der Waals surface area contributed by atoms with Crippen molar-refractivity contribution in [2.45, 2.75) is 39.8 Å². The maximum Gasteiger partial charge on any atom is 0.263 e. The molecule has 0 radical (unpaired) electrons. The van der Waals surface area contributed by atoms with Crippen molar-refractivity contribution in [3.8, 4) is 5.75 Å². The number of unbranched alkanes of at least 4 members (excludes halogenated alkanes) is 1. The zero-order chi connectivity index (χ0) is 22.9. The van der Waals surface area contributed by atoms with Gasteiger partial charge in [0.05, 0.1) is 5.69 Å². The van der Waals surface area contributed by atoms with E-state index >= 15 is 0 Å². The fraction of sp³-hybridized carbons (Fsp3) is 0.292. The standard InChI is InChI=1S/C24H26FN3O3S/c1-3-4-13-26-23(29)18-7-5-17(6-8-18)14-27-24(30)22-16(2)28-21(32-22)15-31-20-11-9-19(25)10-12-20/h5-12H,3-4,13-15H2,1-2H3,(H,26,29)(H,27,30). The van der Waals surface area contributed by atoms with Gasteiger partial charge in [-0.2, -0.15) is 0 Å². The molecule has 0 aliphatic heterocycles. The van der Waals surface area contributed by atoms with Gasteiger partial charge in [0, 0.05) is 18.7 Å². The Morgan fingerprint density at radius 2 is 1.75 bits per heavy atom. The summed E-state index contributed by atoms with van der Waals surface area (Å²) in [6.45, 7) is 5.06. The van der Waals surface area contributed by atoms with Gasteiger partial charge in [-0.05, 0) is 55.3 Å². The van der Waals surface area contributed by atoms with Crippen LogP contribution in [-0.4, -0.2) is 23.3 Å². The highest BCUT2D eigenvalue weighted by atomic mass is 32.1. The minimum absolute atomic E-state index is 0.0929. The van der Waals surface area contributed by atoms with Crippen molar-refractivity contribution in [2.24, 2.45) is 0 Å². The number of nitrogens with zero attached hydrogens (tertiary/aromatic N) is 1. The fourth-order valence-electron chi connectivity index (χ4n) is 2.92. The molecule has 2 aromatic carbocycles. The normalized spacial score (nSPS) is 10.6. The van der Waals surface area contributed by atoms with E-state index in [2.05, 4.69) is 22.5 Å². The molecule has 0 saturated carbocycles. The van der Waals surface area contributed by atoms with Gasteiger partial charge in [-0.15, -0.1) is 11.3 Å². The summed E-state index contributed by atoms with van der Waals surface area (Å²) in [7, 11) is 0. The maximum atomic E-state index is 13.0. The molecule has 3 rings (SSSR count). The van der Waals surface area contributed by atoms with Crippen LogP contribution >= 0.6 is 11.3 Å². The lowest BCUT2D eigenvalue weighted by molar-refractivity contribution is 0.0944. The number of amides is 2. The molecular formula is C24H26FN3O3S. The summed E-state index contributed by atoms with van der Waals surface area (Å²) < 4.78 is 18.6.